The Balaban J connectivity index is 1.75. The van der Waals surface area contributed by atoms with Crippen molar-refractivity contribution in [1.29, 1.82) is 0 Å². The number of hydrogen-bond donors (Lipinski definition) is 1. The first kappa shape index (κ1) is 21.4. The van der Waals surface area contributed by atoms with Crippen molar-refractivity contribution in [3.05, 3.63) is 40.1 Å². The summed E-state index contributed by atoms with van der Waals surface area (Å²) in [5.41, 5.74) is 1.71. The quantitative estimate of drug-likeness (QED) is 0.709. The third-order valence-electron chi connectivity index (χ3n) is 5.29. The zero-order chi connectivity index (χ0) is 20.8. The highest BCUT2D eigenvalue weighted by Crippen LogP contribution is 2.38. The van der Waals surface area contributed by atoms with Gasteiger partial charge in [-0.15, -0.1) is 0 Å². The van der Waals surface area contributed by atoms with Gasteiger partial charge in [0.05, 0.1) is 27.4 Å². The van der Waals surface area contributed by atoms with E-state index in [2.05, 4.69) is 39.0 Å². The zero-order valence-corrected chi connectivity index (χ0v) is 18.3. The molecule has 0 radical (unpaired) electrons. The number of amides is 1. The minimum Gasteiger partial charge on any atom is -0.493 e. The molecule has 3 rings (SSSR count). The van der Waals surface area contributed by atoms with Crippen LogP contribution in [-0.4, -0.2) is 76.8 Å². The highest BCUT2D eigenvalue weighted by Gasteiger charge is 2.25. The molecule has 1 N–H and O–H groups in total. The molecule has 2 heterocycles. The minimum atomic E-state index is -0.168. The molecule has 0 saturated carbocycles. The summed E-state index contributed by atoms with van der Waals surface area (Å²) in [5.74, 6) is 1.23. The highest BCUT2D eigenvalue weighted by atomic mass is 32.1. The molecule has 0 aliphatic carbocycles. The van der Waals surface area contributed by atoms with Gasteiger partial charge in [-0.05, 0) is 41.6 Å². The number of hydrogen-bond acceptors (Lipinski definition) is 7. The fourth-order valence-corrected chi connectivity index (χ4v) is 4.27. The molecule has 1 fully saturated rings. The molecular weight excluding hydrogens is 390 g/mol. The van der Waals surface area contributed by atoms with Gasteiger partial charge in [0.25, 0.3) is 5.91 Å². The van der Waals surface area contributed by atoms with Crippen molar-refractivity contribution < 1.29 is 19.0 Å². The first-order valence-electron chi connectivity index (χ1n) is 9.60. The molecule has 158 valence electrons. The summed E-state index contributed by atoms with van der Waals surface area (Å²) >= 11 is 1.68. The van der Waals surface area contributed by atoms with Crippen molar-refractivity contribution in [2.24, 2.45) is 0 Å². The molecule has 1 aliphatic rings. The summed E-state index contributed by atoms with van der Waals surface area (Å²) in [4.78, 5) is 17.7. The first-order valence-corrected chi connectivity index (χ1v) is 10.5. The van der Waals surface area contributed by atoms with Crippen LogP contribution < -0.4 is 19.5 Å². The summed E-state index contributed by atoms with van der Waals surface area (Å²) in [6.07, 6.45) is 0. The van der Waals surface area contributed by atoms with Crippen LogP contribution in [0.5, 0.6) is 17.2 Å². The Labute approximate surface area is 176 Å². The van der Waals surface area contributed by atoms with E-state index in [-0.39, 0.29) is 11.9 Å². The largest absolute Gasteiger partial charge is 0.493 e. The van der Waals surface area contributed by atoms with E-state index in [9.17, 15) is 4.79 Å². The fraction of sp³-hybridized carbons (Fsp3) is 0.476. The second-order valence-electron chi connectivity index (χ2n) is 7.04. The van der Waals surface area contributed by atoms with Crippen LogP contribution in [0, 0.1) is 0 Å². The van der Waals surface area contributed by atoms with Gasteiger partial charge >= 0.3 is 0 Å². The number of rotatable bonds is 8. The Morgan fingerprint density at radius 1 is 1.10 bits per heavy atom. The fourth-order valence-electron chi connectivity index (χ4n) is 3.56. The van der Waals surface area contributed by atoms with Crippen molar-refractivity contribution in [3.8, 4) is 17.2 Å². The van der Waals surface area contributed by atoms with Gasteiger partial charge in [-0.2, -0.15) is 11.3 Å². The number of carbonyl (C=O) groups excluding carboxylic acids is 1. The Hall–Kier alpha value is -2.29. The van der Waals surface area contributed by atoms with E-state index >= 15 is 0 Å². The maximum atomic E-state index is 12.9. The van der Waals surface area contributed by atoms with Gasteiger partial charge in [0.1, 0.15) is 0 Å². The van der Waals surface area contributed by atoms with E-state index in [1.54, 1.807) is 44.8 Å². The lowest BCUT2D eigenvalue weighted by Crippen LogP contribution is -2.48. The Morgan fingerprint density at radius 2 is 1.76 bits per heavy atom. The molecule has 7 nitrogen and oxygen atoms in total. The third-order valence-corrected chi connectivity index (χ3v) is 5.99. The van der Waals surface area contributed by atoms with Crippen LogP contribution in [0.25, 0.3) is 0 Å². The molecule has 1 saturated heterocycles. The predicted octanol–water partition coefficient (Wildman–Crippen LogP) is 2.49. The lowest BCUT2D eigenvalue weighted by atomic mass is 10.1. The van der Waals surface area contributed by atoms with Crippen molar-refractivity contribution in [2.75, 3.05) is 61.1 Å². The molecular formula is C21H29N3O4S. The van der Waals surface area contributed by atoms with Gasteiger partial charge in [-0.25, -0.2) is 0 Å². The Bertz CT molecular complexity index is 779. The molecule has 1 aromatic heterocycles. The minimum absolute atomic E-state index is 0.154. The van der Waals surface area contributed by atoms with Crippen LogP contribution in [0.2, 0.25) is 0 Å². The summed E-state index contributed by atoms with van der Waals surface area (Å²) in [7, 11) is 6.77. The maximum Gasteiger partial charge on any atom is 0.251 e. The van der Waals surface area contributed by atoms with E-state index in [4.69, 9.17) is 14.2 Å². The SMILES string of the molecule is COc1cc(C(=O)NC[C@H](c2ccsc2)N2CCN(C)CC2)cc(OC)c1OC. The van der Waals surface area contributed by atoms with Crippen LogP contribution in [0.1, 0.15) is 22.0 Å². The van der Waals surface area contributed by atoms with E-state index in [1.165, 1.54) is 5.56 Å². The second kappa shape index (κ2) is 9.96. The zero-order valence-electron chi connectivity index (χ0n) is 17.4. The average molecular weight is 420 g/mol. The number of methoxy groups -OCH3 is 3. The van der Waals surface area contributed by atoms with Crippen molar-refractivity contribution in [3.63, 3.8) is 0 Å². The number of likely N-dealkylation sites (N-methyl/N-ethyl adjacent to an activating group) is 1. The number of nitrogens with zero attached hydrogens (tertiary/aromatic N) is 2. The van der Waals surface area contributed by atoms with Gasteiger partial charge < -0.3 is 24.4 Å². The van der Waals surface area contributed by atoms with Crippen LogP contribution in [0.3, 0.4) is 0 Å². The Morgan fingerprint density at radius 3 is 2.28 bits per heavy atom. The molecule has 0 unspecified atom stereocenters. The molecule has 1 amide bonds. The standard InChI is InChI=1S/C21H29N3O4S/c1-23-6-8-24(9-7-23)17(15-5-10-29-14-15)13-22-21(25)16-11-18(26-2)20(28-4)19(12-16)27-3/h5,10-12,14,17H,6-9,13H2,1-4H3,(H,22,25)/t17-/m1/s1. The molecule has 1 atom stereocenters. The lowest BCUT2D eigenvalue weighted by Gasteiger charge is -2.38. The van der Waals surface area contributed by atoms with Crippen molar-refractivity contribution in [2.45, 2.75) is 6.04 Å². The third kappa shape index (κ3) is 5.01. The van der Waals surface area contributed by atoms with Crippen LogP contribution in [0.15, 0.2) is 29.0 Å². The molecule has 8 heteroatoms. The Kier molecular flexibility index (Phi) is 7.35. The topological polar surface area (TPSA) is 63.3 Å². The average Bonchev–Trinajstić information content (AvgIpc) is 3.28. The number of nitrogens with one attached hydrogen (secondary N) is 1. The maximum absolute atomic E-state index is 12.9. The number of ether oxygens (including phenoxy) is 3. The smallest absolute Gasteiger partial charge is 0.251 e. The van der Waals surface area contributed by atoms with Gasteiger partial charge in [-0.3, -0.25) is 9.69 Å². The number of thiophene rings is 1. The monoisotopic (exact) mass is 419 g/mol. The van der Waals surface area contributed by atoms with Crippen LogP contribution >= 0.6 is 11.3 Å². The van der Waals surface area contributed by atoms with E-state index in [0.717, 1.165) is 26.2 Å². The second-order valence-corrected chi connectivity index (χ2v) is 7.82. The number of benzene rings is 1. The van der Waals surface area contributed by atoms with Crippen molar-refractivity contribution >= 4 is 17.2 Å². The molecule has 0 bridgehead atoms. The van der Waals surface area contributed by atoms with Crippen LogP contribution in [0.4, 0.5) is 0 Å². The summed E-state index contributed by atoms with van der Waals surface area (Å²) in [6.45, 7) is 4.56. The van der Waals surface area contributed by atoms with E-state index < -0.39 is 0 Å². The van der Waals surface area contributed by atoms with Crippen molar-refractivity contribution in [1.82, 2.24) is 15.1 Å². The van der Waals surface area contributed by atoms with Crippen LogP contribution in [-0.2, 0) is 0 Å². The highest BCUT2D eigenvalue weighted by molar-refractivity contribution is 7.07. The molecule has 1 aromatic carbocycles. The van der Waals surface area contributed by atoms with Gasteiger partial charge in [-0.1, -0.05) is 0 Å². The molecule has 0 spiro atoms. The number of carbonyl (C=O) groups is 1. The van der Waals surface area contributed by atoms with E-state index in [0.29, 0.717) is 29.4 Å². The summed E-state index contributed by atoms with van der Waals surface area (Å²) in [5, 5.41) is 7.34. The first-order chi connectivity index (χ1) is 14.1. The lowest BCUT2D eigenvalue weighted by molar-refractivity contribution is 0.0886. The molecule has 2 aromatic rings. The predicted molar refractivity (Wildman–Crippen MR) is 115 cm³/mol. The molecule has 1 aliphatic heterocycles. The summed E-state index contributed by atoms with van der Waals surface area (Å²) in [6, 6.07) is 5.64. The van der Waals surface area contributed by atoms with E-state index in [1.807, 2.05) is 0 Å². The van der Waals surface area contributed by atoms with Gasteiger partial charge in [0.2, 0.25) is 5.75 Å². The van der Waals surface area contributed by atoms with Gasteiger partial charge in [0.15, 0.2) is 11.5 Å². The van der Waals surface area contributed by atoms with Gasteiger partial charge in [0, 0.05) is 38.3 Å². The summed E-state index contributed by atoms with van der Waals surface area (Å²) < 4.78 is 16.1. The number of piperazine rings is 1. The molecule has 29 heavy (non-hydrogen) atoms. The normalized spacial score (nSPS) is 16.3.